The summed E-state index contributed by atoms with van der Waals surface area (Å²) in [7, 11) is 1.63. The van der Waals surface area contributed by atoms with Gasteiger partial charge in [-0.15, -0.1) is 0 Å². The summed E-state index contributed by atoms with van der Waals surface area (Å²) in [5, 5.41) is 7.93. The van der Waals surface area contributed by atoms with Crippen molar-refractivity contribution in [2.75, 3.05) is 66.0 Å². The van der Waals surface area contributed by atoms with Crippen LogP contribution in [-0.2, 0) is 48.4 Å². The van der Waals surface area contributed by atoms with Crippen molar-refractivity contribution in [2.45, 2.75) is 40.4 Å². The van der Waals surface area contributed by atoms with Crippen LogP contribution in [0, 0.1) is 20.8 Å². The normalized spacial score (nSPS) is 10.8. The minimum atomic E-state index is -0.893. The van der Waals surface area contributed by atoms with Gasteiger partial charge in [-0.3, -0.25) is 71.8 Å². The number of carbonyl (C=O) groups excluding carboxylic acids is 6. The van der Waals surface area contributed by atoms with Gasteiger partial charge < -0.3 is 36.4 Å². The van der Waals surface area contributed by atoms with Crippen LogP contribution in [-0.4, -0.2) is 145 Å². The zero-order valence-electron chi connectivity index (χ0n) is 32.9. The maximum Gasteiger partial charge on any atom is 0.328 e. The molecular formula is C34H47N13O12. The van der Waals surface area contributed by atoms with Gasteiger partial charge in [0, 0.05) is 74.5 Å². The fraction of sp³-hybridized carbons (Fsp3) is 0.471. The first-order chi connectivity index (χ1) is 27.8. The van der Waals surface area contributed by atoms with Crippen LogP contribution in [0.1, 0.15) is 16.7 Å². The molecule has 0 aliphatic rings. The second-order valence-corrected chi connectivity index (χ2v) is 13.3. The standard InChI is InChI=1S/C34H47N13O12/c1-20-11-45(32(57)39-29(20)54)17-26(51)42(14-23(35)48)9-6-37-25(50)16-44(28(53)19-47-13-22(3)31(56)41-34(47)59)10-7-38-24(49)15-43(8-5-36-4)27(52)18-46-12-21(2)30(55)40-33(46)58/h11-13,36H,5-10,14-19H2,1-4H3,(H2,35,48)(H,37,50)(H,38,49)(H,39,54,57)(H,40,55,58)(H,41,56,59). The summed E-state index contributed by atoms with van der Waals surface area (Å²) >= 11 is 0. The maximum absolute atomic E-state index is 13.5. The van der Waals surface area contributed by atoms with Gasteiger partial charge in [-0.05, 0) is 27.8 Å². The van der Waals surface area contributed by atoms with Gasteiger partial charge >= 0.3 is 17.1 Å². The minimum absolute atomic E-state index is 0.0612. The van der Waals surface area contributed by atoms with Crippen LogP contribution in [0.15, 0.2) is 47.4 Å². The molecule has 25 nitrogen and oxygen atoms in total. The van der Waals surface area contributed by atoms with Crippen molar-refractivity contribution in [1.29, 1.82) is 0 Å². The smallest absolute Gasteiger partial charge is 0.328 e. The molecule has 3 aromatic heterocycles. The van der Waals surface area contributed by atoms with E-state index in [1.54, 1.807) is 7.05 Å². The van der Waals surface area contributed by atoms with E-state index in [-0.39, 0.29) is 56.0 Å². The first-order valence-electron chi connectivity index (χ1n) is 18.0. The number of hydrogen-bond donors (Lipinski definition) is 7. The van der Waals surface area contributed by atoms with Gasteiger partial charge in [-0.25, -0.2) is 14.4 Å². The Bertz CT molecular complexity index is 2420. The fourth-order valence-electron chi connectivity index (χ4n) is 5.37. The van der Waals surface area contributed by atoms with E-state index in [0.717, 1.165) is 29.7 Å². The molecule has 0 radical (unpaired) electrons. The number of primary amides is 1. The summed E-state index contributed by atoms with van der Waals surface area (Å²) in [5.41, 5.74) is 1.30. The summed E-state index contributed by atoms with van der Waals surface area (Å²) < 4.78 is 2.85. The molecule has 0 aliphatic carbocycles. The average Bonchev–Trinajstić information content (AvgIpc) is 3.15. The molecule has 6 amide bonds. The number of aryl methyl sites for hydroxylation is 3. The van der Waals surface area contributed by atoms with Crippen LogP contribution < -0.4 is 55.4 Å². The molecule has 320 valence electrons. The molecule has 3 heterocycles. The highest BCUT2D eigenvalue weighted by Gasteiger charge is 2.22. The summed E-state index contributed by atoms with van der Waals surface area (Å²) in [5.74, 6) is -4.45. The van der Waals surface area contributed by atoms with Gasteiger partial charge in [0.25, 0.3) is 16.7 Å². The van der Waals surface area contributed by atoms with Crippen molar-refractivity contribution in [2.24, 2.45) is 5.73 Å². The molecule has 0 spiro atoms. The number of aromatic nitrogens is 6. The lowest BCUT2D eigenvalue weighted by Gasteiger charge is -2.25. The monoisotopic (exact) mass is 829 g/mol. The molecule has 0 saturated heterocycles. The quantitative estimate of drug-likeness (QED) is 0.0526. The van der Waals surface area contributed by atoms with E-state index in [9.17, 15) is 57.5 Å². The second kappa shape index (κ2) is 21.4. The van der Waals surface area contributed by atoms with Crippen LogP contribution in [0.3, 0.4) is 0 Å². The van der Waals surface area contributed by atoms with Crippen molar-refractivity contribution in [3.8, 4) is 0 Å². The van der Waals surface area contributed by atoms with Crippen LogP contribution >= 0.6 is 0 Å². The topological polar surface area (TPSA) is 339 Å². The van der Waals surface area contributed by atoms with Gasteiger partial charge in [0.05, 0.1) is 19.6 Å². The van der Waals surface area contributed by atoms with Crippen molar-refractivity contribution < 1.29 is 28.8 Å². The third kappa shape index (κ3) is 14.1. The van der Waals surface area contributed by atoms with E-state index in [4.69, 9.17) is 5.73 Å². The Hall–Kier alpha value is -7.18. The lowest BCUT2D eigenvalue weighted by Crippen LogP contribution is -2.49. The summed E-state index contributed by atoms with van der Waals surface area (Å²) in [6.07, 6.45) is 3.54. The Kier molecular flexibility index (Phi) is 16.7. The second-order valence-electron chi connectivity index (χ2n) is 13.3. The number of nitrogens with two attached hydrogens (primary N) is 1. The highest BCUT2D eigenvalue weighted by atomic mass is 16.2. The summed E-state index contributed by atoms with van der Waals surface area (Å²) in [6.45, 7) is 0.273. The van der Waals surface area contributed by atoms with Crippen molar-refractivity contribution in [3.05, 3.63) is 97.8 Å². The number of likely N-dealkylation sites (N-methyl/N-ethyl adjacent to an activating group) is 1. The van der Waals surface area contributed by atoms with E-state index >= 15 is 0 Å². The van der Waals surface area contributed by atoms with Gasteiger partial charge in [-0.2, -0.15) is 0 Å². The molecule has 25 heteroatoms. The Labute approximate surface area is 333 Å². The third-order valence-corrected chi connectivity index (χ3v) is 8.60. The van der Waals surface area contributed by atoms with E-state index in [1.807, 2.05) is 0 Å². The molecule has 0 aliphatic heterocycles. The number of nitrogens with one attached hydrogen (secondary N) is 6. The lowest BCUT2D eigenvalue weighted by molar-refractivity contribution is -0.137. The number of nitrogens with zero attached hydrogens (tertiary/aromatic N) is 6. The summed E-state index contributed by atoms with van der Waals surface area (Å²) in [6, 6.07) is 0. The van der Waals surface area contributed by atoms with Gasteiger partial charge in [0.1, 0.15) is 19.6 Å². The van der Waals surface area contributed by atoms with Crippen LogP contribution in [0.5, 0.6) is 0 Å². The number of carbonyl (C=O) groups is 6. The predicted octanol–water partition coefficient (Wildman–Crippen LogP) is -7.01. The Morgan fingerprint density at radius 2 is 0.847 bits per heavy atom. The number of hydrogen-bond acceptors (Lipinski definition) is 13. The van der Waals surface area contributed by atoms with Crippen molar-refractivity contribution >= 4 is 35.4 Å². The maximum atomic E-state index is 13.5. The molecule has 0 unspecified atom stereocenters. The lowest BCUT2D eigenvalue weighted by atomic mass is 10.3. The molecule has 3 rings (SSSR count). The molecule has 0 bridgehead atoms. The Balaban J connectivity index is 1.70. The van der Waals surface area contributed by atoms with E-state index in [0.29, 0.717) is 0 Å². The number of rotatable bonds is 21. The molecule has 3 aromatic rings. The summed E-state index contributed by atoms with van der Waals surface area (Å²) in [4.78, 5) is 159. The average molecular weight is 830 g/mol. The SMILES string of the molecule is CNCCN(CC(=O)NCCN(CC(=O)NCCN(CC(N)=O)C(=O)Cn1cc(C)c(=O)[nH]c1=O)C(=O)Cn1cc(C)c(=O)[nH]c1=O)C(=O)Cn1cc(C)c(=O)[nH]c1=O. The van der Waals surface area contributed by atoms with Crippen molar-refractivity contribution in [3.63, 3.8) is 0 Å². The molecule has 0 aromatic carbocycles. The molecular weight excluding hydrogens is 782 g/mol. The molecule has 0 fully saturated rings. The number of amides is 6. The highest BCUT2D eigenvalue weighted by molar-refractivity contribution is 5.86. The van der Waals surface area contributed by atoms with Gasteiger partial charge in [0.15, 0.2) is 0 Å². The highest BCUT2D eigenvalue weighted by Crippen LogP contribution is 1.98. The Morgan fingerprint density at radius 1 is 0.542 bits per heavy atom. The van der Waals surface area contributed by atoms with Crippen LogP contribution in [0.4, 0.5) is 0 Å². The first-order valence-corrected chi connectivity index (χ1v) is 18.0. The molecule has 0 atom stereocenters. The molecule has 8 N–H and O–H groups in total. The predicted molar refractivity (Wildman–Crippen MR) is 207 cm³/mol. The Morgan fingerprint density at radius 3 is 1.15 bits per heavy atom. The van der Waals surface area contributed by atoms with Gasteiger partial charge in [0.2, 0.25) is 35.4 Å². The number of aromatic amines is 3. The largest absolute Gasteiger partial charge is 0.368 e. The molecule has 59 heavy (non-hydrogen) atoms. The van der Waals surface area contributed by atoms with Crippen molar-refractivity contribution in [1.82, 2.24) is 59.3 Å². The van der Waals surface area contributed by atoms with Crippen LogP contribution in [0.25, 0.3) is 0 Å². The fourth-order valence-corrected chi connectivity index (χ4v) is 5.37. The van der Waals surface area contributed by atoms with E-state index in [1.165, 1.54) is 38.1 Å². The van der Waals surface area contributed by atoms with E-state index < -0.39 is 108 Å². The van der Waals surface area contributed by atoms with E-state index in [2.05, 4.69) is 30.9 Å². The van der Waals surface area contributed by atoms with Gasteiger partial charge in [-0.1, -0.05) is 0 Å². The first kappa shape index (κ1) is 46.2. The third-order valence-electron chi connectivity index (χ3n) is 8.60. The van der Waals surface area contributed by atoms with Crippen LogP contribution in [0.2, 0.25) is 0 Å². The minimum Gasteiger partial charge on any atom is -0.368 e. The zero-order valence-corrected chi connectivity index (χ0v) is 32.9. The zero-order chi connectivity index (χ0) is 44.0. The number of H-pyrrole nitrogens is 3. The molecule has 0 saturated carbocycles.